The Labute approximate surface area is 194 Å². The van der Waals surface area contributed by atoms with E-state index in [9.17, 15) is 9.59 Å². The van der Waals surface area contributed by atoms with E-state index in [4.69, 9.17) is 43.6 Å². The Morgan fingerprint density at radius 2 is 0.909 bits per heavy atom. The molecule has 11 nitrogen and oxygen atoms in total. The first kappa shape index (κ1) is 28.8. The molecule has 33 heavy (non-hydrogen) atoms. The molecule has 0 spiro atoms. The molecule has 0 unspecified atom stereocenters. The molecular formula is C22H35NO10. The standard InChI is InChI=1S/C22H35NO10/c1-26-3-5-28-7-9-30-11-13-32-21(24)18-15-19(17-20(23)16-18)22(25)33-14-12-31-10-8-29-6-4-27-2/h15-17H,3-14,23H2,1-2H3. The van der Waals surface area contributed by atoms with Gasteiger partial charge in [-0.15, -0.1) is 0 Å². The zero-order chi connectivity index (χ0) is 24.2. The molecule has 0 aromatic heterocycles. The van der Waals surface area contributed by atoms with E-state index >= 15 is 0 Å². The third-order valence-corrected chi connectivity index (χ3v) is 3.96. The zero-order valence-electron chi connectivity index (χ0n) is 19.4. The number of benzene rings is 1. The van der Waals surface area contributed by atoms with Crippen molar-refractivity contribution in [3.05, 3.63) is 29.3 Å². The Morgan fingerprint density at radius 3 is 1.27 bits per heavy atom. The van der Waals surface area contributed by atoms with Crippen LogP contribution in [0.1, 0.15) is 20.7 Å². The summed E-state index contributed by atoms with van der Waals surface area (Å²) in [6.07, 6.45) is 0. The second kappa shape index (κ2) is 19.2. The second-order valence-electron chi connectivity index (χ2n) is 6.55. The van der Waals surface area contributed by atoms with Crippen LogP contribution in [0.5, 0.6) is 0 Å². The number of esters is 2. The quantitative estimate of drug-likeness (QED) is 0.165. The van der Waals surface area contributed by atoms with Crippen LogP contribution in [0, 0.1) is 0 Å². The van der Waals surface area contributed by atoms with Gasteiger partial charge in [-0.25, -0.2) is 9.59 Å². The predicted molar refractivity (Wildman–Crippen MR) is 118 cm³/mol. The van der Waals surface area contributed by atoms with E-state index in [1.165, 1.54) is 18.2 Å². The number of rotatable bonds is 20. The smallest absolute Gasteiger partial charge is 0.338 e. The summed E-state index contributed by atoms with van der Waals surface area (Å²) in [6.45, 7) is 4.16. The number of anilines is 1. The van der Waals surface area contributed by atoms with Crippen LogP contribution in [0.4, 0.5) is 5.69 Å². The summed E-state index contributed by atoms with van der Waals surface area (Å²) in [4.78, 5) is 24.5. The minimum absolute atomic E-state index is 0.0536. The van der Waals surface area contributed by atoms with Crippen molar-refractivity contribution in [3.63, 3.8) is 0 Å². The lowest BCUT2D eigenvalue weighted by Gasteiger charge is -2.10. The third kappa shape index (κ3) is 14.5. The van der Waals surface area contributed by atoms with Crippen molar-refractivity contribution in [2.45, 2.75) is 0 Å². The molecule has 0 fully saturated rings. The van der Waals surface area contributed by atoms with Gasteiger partial charge in [0.2, 0.25) is 0 Å². The summed E-state index contributed by atoms with van der Waals surface area (Å²) >= 11 is 0. The van der Waals surface area contributed by atoms with Gasteiger partial charge in [0, 0.05) is 19.9 Å². The van der Waals surface area contributed by atoms with Crippen molar-refractivity contribution < 1.29 is 47.5 Å². The van der Waals surface area contributed by atoms with Crippen LogP contribution in [-0.2, 0) is 37.9 Å². The van der Waals surface area contributed by atoms with Crippen LogP contribution in [0.25, 0.3) is 0 Å². The molecule has 0 radical (unpaired) electrons. The molecule has 1 aromatic rings. The zero-order valence-corrected chi connectivity index (χ0v) is 19.4. The van der Waals surface area contributed by atoms with Gasteiger partial charge in [0.1, 0.15) is 13.2 Å². The summed E-state index contributed by atoms with van der Waals surface area (Å²) in [7, 11) is 3.20. The number of carbonyl (C=O) groups is 2. The second-order valence-corrected chi connectivity index (χ2v) is 6.55. The average molecular weight is 474 g/mol. The van der Waals surface area contributed by atoms with Gasteiger partial charge < -0.3 is 43.6 Å². The Balaban J connectivity index is 2.27. The van der Waals surface area contributed by atoms with Gasteiger partial charge in [-0.2, -0.15) is 0 Å². The first-order chi connectivity index (χ1) is 16.1. The maximum atomic E-state index is 12.2. The molecule has 11 heteroatoms. The largest absolute Gasteiger partial charge is 0.460 e. The van der Waals surface area contributed by atoms with E-state index in [1.54, 1.807) is 14.2 Å². The minimum atomic E-state index is -0.617. The highest BCUT2D eigenvalue weighted by molar-refractivity contribution is 5.96. The maximum Gasteiger partial charge on any atom is 0.338 e. The van der Waals surface area contributed by atoms with Crippen molar-refractivity contribution in [2.24, 2.45) is 0 Å². The molecule has 2 N–H and O–H groups in total. The van der Waals surface area contributed by atoms with Gasteiger partial charge in [0.05, 0.1) is 77.2 Å². The number of nitrogens with two attached hydrogens (primary N) is 1. The SMILES string of the molecule is COCCOCCOCCOC(=O)c1cc(N)cc(C(=O)OCCOCCOCCOC)c1. The Hall–Kier alpha value is -2.28. The van der Waals surface area contributed by atoms with Crippen molar-refractivity contribution in [3.8, 4) is 0 Å². The van der Waals surface area contributed by atoms with Gasteiger partial charge in [0.15, 0.2) is 0 Å². The molecule has 0 heterocycles. The minimum Gasteiger partial charge on any atom is -0.460 e. The van der Waals surface area contributed by atoms with Gasteiger partial charge in [-0.1, -0.05) is 0 Å². The number of carbonyl (C=O) groups excluding carboxylic acids is 2. The van der Waals surface area contributed by atoms with Gasteiger partial charge >= 0.3 is 11.9 Å². The van der Waals surface area contributed by atoms with Crippen LogP contribution in [0.2, 0.25) is 0 Å². The molecule has 1 aromatic carbocycles. The molecule has 0 atom stereocenters. The molecule has 0 saturated heterocycles. The molecule has 1 rings (SSSR count). The fourth-order valence-corrected chi connectivity index (χ4v) is 2.37. The highest BCUT2D eigenvalue weighted by Crippen LogP contribution is 2.14. The van der Waals surface area contributed by atoms with Crippen LogP contribution in [0.15, 0.2) is 18.2 Å². The third-order valence-electron chi connectivity index (χ3n) is 3.96. The topological polar surface area (TPSA) is 134 Å². The normalized spacial score (nSPS) is 10.8. The highest BCUT2D eigenvalue weighted by Gasteiger charge is 2.14. The van der Waals surface area contributed by atoms with E-state index in [-0.39, 0.29) is 43.2 Å². The summed E-state index contributed by atoms with van der Waals surface area (Å²) in [6, 6.07) is 4.22. The van der Waals surface area contributed by atoms with Crippen LogP contribution in [0.3, 0.4) is 0 Å². The fourth-order valence-electron chi connectivity index (χ4n) is 2.37. The molecular weight excluding hydrogens is 438 g/mol. The maximum absolute atomic E-state index is 12.2. The number of nitrogen functional groups attached to an aromatic ring is 1. The first-order valence-corrected chi connectivity index (χ1v) is 10.6. The first-order valence-electron chi connectivity index (χ1n) is 10.6. The summed E-state index contributed by atoms with van der Waals surface area (Å²) in [5, 5.41) is 0. The van der Waals surface area contributed by atoms with E-state index in [1.807, 2.05) is 0 Å². The van der Waals surface area contributed by atoms with Gasteiger partial charge in [-0.3, -0.25) is 0 Å². The Bertz CT molecular complexity index is 618. The van der Waals surface area contributed by atoms with E-state index in [2.05, 4.69) is 0 Å². The fraction of sp³-hybridized carbons (Fsp3) is 0.636. The number of methoxy groups -OCH3 is 2. The van der Waals surface area contributed by atoms with Crippen LogP contribution in [-0.4, -0.2) is 105 Å². The Morgan fingerprint density at radius 1 is 0.576 bits per heavy atom. The van der Waals surface area contributed by atoms with Gasteiger partial charge in [0.25, 0.3) is 0 Å². The van der Waals surface area contributed by atoms with E-state index < -0.39 is 11.9 Å². The van der Waals surface area contributed by atoms with Crippen LogP contribution >= 0.6 is 0 Å². The lowest BCUT2D eigenvalue weighted by Crippen LogP contribution is -2.16. The lowest BCUT2D eigenvalue weighted by atomic mass is 10.1. The molecule has 0 aliphatic rings. The monoisotopic (exact) mass is 473 g/mol. The molecule has 0 saturated carbocycles. The van der Waals surface area contributed by atoms with E-state index in [0.29, 0.717) is 52.9 Å². The number of ether oxygens (including phenoxy) is 8. The average Bonchev–Trinajstić information content (AvgIpc) is 2.81. The summed E-state index contributed by atoms with van der Waals surface area (Å²) in [5.74, 6) is -1.23. The molecule has 0 aliphatic carbocycles. The van der Waals surface area contributed by atoms with Crippen molar-refractivity contribution in [1.82, 2.24) is 0 Å². The van der Waals surface area contributed by atoms with Crippen molar-refractivity contribution >= 4 is 17.6 Å². The molecule has 0 bridgehead atoms. The molecule has 0 aliphatic heterocycles. The predicted octanol–water partition coefficient (Wildman–Crippen LogP) is 0.942. The van der Waals surface area contributed by atoms with E-state index in [0.717, 1.165) is 0 Å². The molecule has 188 valence electrons. The summed E-state index contributed by atoms with van der Waals surface area (Å²) < 4.78 is 41.2. The van der Waals surface area contributed by atoms with Crippen molar-refractivity contribution in [1.29, 1.82) is 0 Å². The number of hydrogen-bond donors (Lipinski definition) is 1. The summed E-state index contributed by atoms with van der Waals surface area (Å²) in [5.41, 5.74) is 6.35. The van der Waals surface area contributed by atoms with Crippen LogP contribution < -0.4 is 5.73 Å². The Kier molecular flexibility index (Phi) is 16.7. The molecule has 0 amide bonds. The van der Waals surface area contributed by atoms with Gasteiger partial charge in [-0.05, 0) is 18.2 Å². The number of hydrogen-bond acceptors (Lipinski definition) is 11. The van der Waals surface area contributed by atoms with Crippen molar-refractivity contribution in [2.75, 3.05) is 99.2 Å². The highest BCUT2D eigenvalue weighted by atomic mass is 16.6. The lowest BCUT2D eigenvalue weighted by molar-refractivity contribution is 0.00554.